The first kappa shape index (κ1) is 15.5. The summed E-state index contributed by atoms with van der Waals surface area (Å²) in [5.41, 5.74) is 1.95. The van der Waals surface area contributed by atoms with Crippen molar-refractivity contribution >= 4 is 28.9 Å². The summed E-state index contributed by atoms with van der Waals surface area (Å²) < 4.78 is 5.03. The lowest BCUT2D eigenvalue weighted by Crippen LogP contribution is -2.11. The molecule has 0 unspecified atom stereocenters. The number of hydrogen-bond acceptors (Lipinski definition) is 5. The van der Waals surface area contributed by atoms with E-state index in [0.717, 1.165) is 5.69 Å². The quantitative estimate of drug-likeness (QED) is 0.697. The third-order valence-corrected chi connectivity index (χ3v) is 3.31. The van der Waals surface area contributed by atoms with E-state index in [4.69, 9.17) is 4.42 Å². The van der Waals surface area contributed by atoms with Gasteiger partial charge < -0.3 is 15.1 Å². The van der Waals surface area contributed by atoms with Gasteiger partial charge in [0.2, 0.25) is 0 Å². The molecule has 120 valence electrons. The second kappa shape index (κ2) is 6.78. The van der Waals surface area contributed by atoms with E-state index in [9.17, 15) is 9.59 Å². The molecule has 0 radical (unpaired) electrons. The molecule has 0 fully saturated rings. The lowest BCUT2D eigenvalue weighted by Gasteiger charge is -2.08. The first-order valence-electron chi connectivity index (χ1n) is 7.31. The summed E-state index contributed by atoms with van der Waals surface area (Å²) >= 11 is 0. The van der Waals surface area contributed by atoms with Gasteiger partial charge in [0, 0.05) is 11.3 Å². The van der Waals surface area contributed by atoms with Gasteiger partial charge in [-0.3, -0.25) is 9.59 Å². The number of carbonyl (C=O) groups excluding carboxylic acids is 2. The number of aromatic nitrogens is 1. The Balaban J connectivity index is 1.67. The van der Waals surface area contributed by atoms with E-state index in [1.807, 2.05) is 6.07 Å². The Morgan fingerprint density at radius 1 is 1.04 bits per heavy atom. The van der Waals surface area contributed by atoms with Gasteiger partial charge in [0.05, 0.1) is 18.1 Å². The van der Waals surface area contributed by atoms with Crippen LogP contribution in [0.4, 0.5) is 17.2 Å². The van der Waals surface area contributed by atoms with Gasteiger partial charge in [-0.15, -0.1) is 0 Å². The zero-order valence-corrected chi connectivity index (χ0v) is 12.9. The average molecular weight is 321 g/mol. The summed E-state index contributed by atoms with van der Waals surface area (Å²) in [6, 6.07) is 13.9. The molecule has 2 N–H and O–H groups in total. The molecule has 3 rings (SSSR count). The van der Waals surface area contributed by atoms with Crippen LogP contribution in [0, 0.1) is 0 Å². The Morgan fingerprint density at radius 3 is 2.58 bits per heavy atom. The second-order valence-corrected chi connectivity index (χ2v) is 5.13. The standard InChI is InChI=1S/C18H15N3O3/c1-12(22)13-4-2-5-14(10-13)20-17-8-7-15(11-19-17)21-18(23)16-6-3-9-24-16/h2-11H,1H3,(H,19,20)(H,21,23). The molecule has 2 aromatic heterocycles. The van der Waals surface area contributed by atoms with E-state index in [-0.39, 0.29) is 17.5 Å². The number of pyridine rings is 1. The summed E-state index contributed by atoms with van der Waals surface area (Å²) in [6.45, 7) is 1.52. The van der Waals surface area contributed by atoms with Crippen molar-refractivity contribution in [1.82, 2.24) is 4.98 Å². The predicted molar refractivity (Wildman–Crippen MR) is 90.6 cm³/mol. The van der Waals surface area contributed by atoms with Crippen molar-refractivity contribution in [3.63, 3.8) is 0 Å². The van der Waals surface area contributed by atoms with E-state index in [0.29, 0.717) is 17.1 Å². The average Bonchev–Trinajstić information content (AvgIpc) is 3.11. The molecule has 3 aromatic rings. The lowest BCUT2D eigenvalue weighted by atomic mass is 10.1. The largest absolute Gasteiger partial charge is 0.459 e. The van der Waals surface area contributed by atoms with Gasteiger partial charge in [-0.05, 0) is 43.3 Å². The molecule has 0 spiro atoms. The number of benzene rings is 1. The van der Waals surface area contributed by atoms with Crippen LogP contribution in [-0.2, 0) is 0 Å². The van der Waals surface area contributed by atoms with Crippen molar-refractivity contribution < 1.29 is 14.0 Å². The molecule has 0 saturated carbocycles. The Morgan fingerprint density at radius 2 is 1.92 bits per heavy atom. The monoisotopic (exact) mass is 321 g/mol. The van der Waals surface area contributed by atoms with Gasteiger partial charge >= 0.3 is 0 Å². The van der Waals surface area contributed by atoms with Crippen molar-refractivity contribution in [2.45, 2.75) is 6.92 Å². The van der Waals surface area contributed by atoms with Crippen LogP contribution in [0.25, 0.3) is 0 Å². The van der Waals surface area contributed by atoms with Crippen LogP contribution in [0.5, 0.6) is 0 Å². The molecule has 1 amide bonds. The zero-order chi connectivity index (χ0) is 16.9. The summed E-state index contributed by atoms with van der Waals surface area (Å²) in [6.07, 6.45) is 2.98. The van der Waals surface area contributed by atoms with Crippen LogP contribution in [-0.4, -0.2) is 16.7 Å². The Labute approximate surface area is 138 Å². The van der Waals surface area contributed by atoms with E-state index in [1.54, 1.807) is 42.5 Å². The molecule has 1 aromatic carbocycles. The highest BCUT2D eigenvalue weighted by Gasteiger charge is 2.09. The Bertz CT molecular complexity index is 855. The molecule has 0 aliphatic heterocycles. The number of nitrogens with one attached hydrogen (secondary N) is 2. The van der Waals surface area contributed by atoms with Gasteiger partial charge in [-0.25, -0.2) is 4.98 Å². The van der Waals surface area contributed by atoms with Gasteiger partial charge in [0.15, 0.2) is 11.5 Å². The molecule has 6 heteroatoms. The van der Waals surface area contributed by atoms with Gasteiger partial charge in [0.1, 0.15) is 5.82 Å². The van der Waals surface area contributed by atoms with E-state index in [1.165, 1.54) is 19.4 Å². The highest BCUT2D eigenvalue weighted by atomic mass is 16.3. The summed E-state index contributed by atoms with van der Waals surface area (Å²) in [7, 11) is 0. The molecule has 0 saturated heterocycles. The SMILES string of the molecule is CC(=O)c1cccc(Nc2ccc(NC(=O)c3ccco3)cn2)c1. The minimum absolute atomic E-state index is 0.00240. The van der Waals surface area contributed by atoms with Crippen molar-refractivity contribution in [3.05, 3.63) is 72.3 Å². The fourth-order valence-corrected chi connectivity index (χ4v) is 2.11. The highest BCUT2D eigenvalue weighted by molar-refractivity contribution is 6.02. The fourth-order valence-electron chi connectivity index (χ4n) is 2.11. The van der Waals surface area contributed by atoms with Crippen molar-refractivity contribution in [2.24, 2.45) is 0 Å². The molecule has 0 aliphatic rings. The molecular formula is C18H15N3O3. The van der Waals surface area contributed by atoms with E-state index < -0.39 is 0 Å². The lowest BCUT2D eigenvalue weighted by molar-refractivity contribution is 0.0993. The van der Waals surface area contributed by atoms with Crippen molar-refractivity contribution in [2.75, 3.05) is 10.6 Å². The molecule has 24 heavy (non-hydrogen) atoms. The number of anilines is 3. The van der Waals surface area contributed by atoms with E-state index >= 15 is 0 Å². The maximum Gasteiger partial charge on any atom is 0.291 e. The second-order valence-electron chi connectivity index (χ2n) is 5.13. The maximum atomic E-state index is 11.9. The molecule has 0 bridgehead atoms. The first-order valence-corrected chi connectivity index (χ1v) is 7.31. The van der Waals surface area contributed by atoms with E-state index in [2.05, 4.69) is 15.6 Å². The summed E-state index contributed by atoms with van der Waals surface area (Å²) in [5.74, 6) is 0.504. The smallest absolute Gasteiger partial charge is 0.291 e. The van der Waals surface area contributed by atoms with Crippen LogP contribution in [0.15, 0.2) is 65.4 Å². The molecule has 2 heterocycles. The zero-order valence-electron chi connectivity index (χ0n) is 12.9. The number of carbonyl (C=O) groups is 2. The number of ketones is 1. The minimum atomic E-state index is -0.336. The summed E-state index contributed by atoms with van der Waals surface area (Å²) in [5, 5.41) is 5.80. The molecule has 6 nitrogen and oxygen atoms in total. The predicted octanol–water partition coefficient (Wildman–Crippen LogP) is 3.87. The third kappa shape index (κ3) is 3.67. The number of amides is 1. The summed E-state index contributed by atoms with van der Waals surface area (Å²) in [4.78, 5) is 27.5. The molecular weight excluding hydrogens is 306 g/mol. The van der Waals surface area contributed by atoms with Crippen LogP contribution in [0.3, 0.4) is 0 Å². The van der Waals surface area contributed by atoms with Gasteiger partial charge in [-0.2, -0.15) is 0 Å². The Kier molecular flexibility index (Phi) is 4.38. The topological polar surface area (TPSA) is 84.2 Å². The number of furan rings is 1. The van der Waals surface area contributed by atoms with Gasteiger partial charge in [0.25, 0.3) is 5.91 Å². The number of nitrogens with zero attached hydrogens (tertiary/aromatic N) is 1. The van der Waals surface area contributed by atoms with Crippen molar-refractivity contribution in [3.8, 4) is 0 Å². The van der Waals surface area contributed by atoms with Crippen molar-refractivity contribution in [1.29, 1.82) is 0 Å². The normalized spacial score (nSPS) is 10.2. The number of hydrogen-bond donors (Lipinski definition) is 2. The molecule has 0 atom stereocenters. The Hall–Kier alpha value is -3.41. The van der Waals surface area contributed by atoms with Crippen LogP contribution in [0.1, 0.15) is 27.8 Å². The highest BCUT2D eigenvalue weighted by Crippen LogP contribution is 2.18. The number of rotatable bonds is 5. The van der Waals surface area contributed by atoms with Crippen LogP contribution < -0.4 is 10.6 Å². The molecule has 0 aliphatic carbocycles. The van der Waals surface area contributed by atoms with Crippen LogP contribution >= 0.6 is 0 Å². The third-order valence-electron chi connectivity index (χ3n) is 3.31. The maximum absolute atomic E-state index is 11.9. The van der Waals surface area contributed by atoms with Crippen LogP contribution in [0.2, 0.25) is 0 Å². The minimum Gasteiger partial charge on any atom is -0.459 e. The number of Topliss-reactive ketones (excluding diaryl/α,β-unsaturated/α-hetero) is 1. The first-order chi connectivity index (χ1) is 11.6. The fraction of sp³-hybridized carbons (Fsp3) is 0.0556. The van der Waals surface area contributed by atoms with Gasteiger partial charge in [-0.1, -0.05) is 12.1 Å².